The first-order chi connectivity index (χ1) is 33.2. The van der Waals surface area contributed by atoms with Crippen molar-refractivity contribution in [2.75, 3.05) is 28.3 Å². The van der Waals surface area contributed by atoms with Crippen molar-refractivity contribution in [2.24, 2.45) is 17.8 Å². The first-order valence-corrected chi connectivity index (χ1v) is 24.0. The first kappa shape index (κ1) is 61.9. The Morgan fingerprint density at radius 3 is 1.89 bits per heavy atom. The standard InChI is InChI=1S/C51H78N6O15/c1-26(2)41(72-51(12,13)14)36(24-28(5)58)48(65)71-42(27(3)4)39-47(64)57(17)40(33(10)68-18)50(67)69-32(9)38(53-34(11)59)49(66)70-37(25-35-22-20-19-21-23-35)46(63)56(16)30(7)43(60)52-29(6)45(62)55(15)31(8)44(61)54-39/h19-23,26-27,29,31-33,36-42H,7,24-25H2,1-6,8-18H3,(H,52,60)(H,53,59)(H,54,61)/t29-,31-,32+,33+,36-,37+,38-,39-,40-,41+,42+/m0/s1. The van der Waals surface area contributed by atoms with E-state index in [9.17, 15) is 43.2 Å². The summed E-state index contributed by atoms with van der Waals surface area (Å²) in [5.74, 6) is -11.3. The van der Waals surface area contributed by atoms with Gasteiger partial charge in [-0.3, -0.25) is 33.6 Å². The highest BCUT2D eigenvalue weighted by Crippen LogP contribution is 2.29. The number of nitrogens with one attached hydrogen (secondary N) is 3. The SMILES string of the molecule is C=C1C(=O)N[C@@H](C)C(=O)N(C)[C@@H](C)C(=O)N[C@@H]([C@H](OC(=O)[C@@H](CC(C)=O)[C@H](OC(C)(C)C)C(C)C)C(C)C)C(=O)N(C)[C@@H]([C@@H](C)OC)C(=O)O[C@H](C)[C@H](NC(C)=O)C(=O)O[C@H](Cc2ccccc2)C(=O)N1C. The molecule has 402 valence electrons. The highest BCUT2D eigenvalue weighted by atomic mass is 16.6. The Balaban J connectivity index is 2.93. The normalized spacial score (nSPS) is 24.8. The predicted octanol–water partition coefficient (Wildman–Crippen LogP) is 2.26. The van der Waals surface area contributed by atoms with Crippen LogP contribution >= 0.6 is 0 Å². The number of ketones is 1. The molecule has 6 amide bonds. The van der Waals surface area contributed by atoms with Gasteiger partial charge in [-0.1, -0.05) is 64.6 Å². The number of nitrogens with zero attached hydrogens (tertiary/aromatic N) is 3. The van der Waals surface area contributed by atoms with E-state index in [2.05, 4.69) is 22.5 Å². The summed E-state index contributed by atoms with van der Waals surface area (Å²) in [6, 6.07) is 0.487. The van der Waals surface area contributed by atoms with Crippen LogP contribution in [0.5, 0.6) is 0 Å². The number of cyclic esters (lactones) is 2. The van der Waals surface area contributed by atoms with Gasteiger partial charge in [0.2, 0.25) is 23.6 Å². The van der Waals surface area contributed by atoms with Crippen LogP contribution in [0.15, 0.2) is 42.6 Å². The maximum absolute atomic E-state index is 15.2. The zero-order valence-corrected chi connectivity index (χ0v) is 45.0. The Morgan fingerprint density at radius 2 is 1.39 bits per heavy atom. The second-order valence-electron chi connectivity index (χ2n) is 20.0. The van der Waals surface area contributed by atoms with Crippen molar-refractivity contribution in [2.45, 2.75) is 169 Å². The zero-order valence-electron chi connectivity index (χ0n) is 45.0. The van der Waals surface area contributed by atoms with Gasteiger partial charge in [-0.25, -0.2) is 9.59 Å². The molecule has 72 heavy (non-hydrogen) atoms. The Bertz CT molecular complexity index is 2140. The maximum Gasteiger partial charge on any atom is 0.333 e. The molecule has 1 saturated heterocycles. The highest BCUT2D eigenvalue weighted by Gasteiger charge is 2.46. The van der Waals surface area contributed by atoms with Gasteiger partial charge in [-0.2, -0.15) is 0 Å². The maximum atomic E-state index is 15.2. The molecule has 21 heteroatoms. The number of esters is 3. The molecular weight excluding hydrogens is 937 g/mol. The van der Waals surface area contributed by atoms with E-state index in [-0.39, 0.29) is 24.5 Å². The van der Waals surface area contributed by atoms with Crippen molar-refractivity contribution in [3.8, 4) is 0 Å². The lowest BCUT2D eigenvalue weighted by Gasteiger charge is -2.39. The molecule has 0 aliphatic carbocycles. The Hall–Kier alpha value is -6.22. The lowest BCUT2D eigenvalue weighted by Crippen LogP contribution is -2.63. The van der Waals surface area contributed by atoms with Crippen molar-refractivity contribution < 1.29 is 71.6 Å². The minimum atomic E-state index is -1.80. The van der Waals surface area contributed by atoms with Gasteiger partial charge in [-0.05, 0) is 72.8 Å². The summed E-state index contributed by atoms with van der Waals surface area (Å²) >= 11 is 0. The zero-order chi connectivity index (χ0) is 55.3. The molecule has 1 aromatic rings. The van der Waals surface area contributed by atoms with E-state index >= 15 is 4.79 Å². The monoisotopic (exact) mass is 1010 g/mol. The predicted molar refractivity (Wildman–Crippen MR) is 263 cm³/mol. The van der Waals surface area contributed by atoms with E-state index in [1.165, 1.54) is 62.9 Å². The Labute approximate surface area is 423 Å². The molecule has 1 heterocycles. The fraction of sp³-hybridized carbons (Fsp3) is 0.647. The molecule has 1 aliphatic heterocycles. The lowest BCUT2D eigenvalue weighted by atomic mass is 9.88. The van der Waals surface area contributed by atoms with Crippen LogP contribution in [0.1, 0.15) is 102 Å². The average molecular weight is 1020 g/mol. The number of hydrogen-bond donors (Lipinski definition) is 3. The molecule has 1 aliphatic rings. The highest BCUT2D eigenvalue weighted by molar-refractivity contribution is 6.01. The van der Waals surface area contributed by atoms with Gasteiger partial charge in [0.15, 0.2) is 18.2 Å². The number of Topliss-reactive ketones (excluding diaryl/α,β-unsaturated/α-hetero) is 1. The number of rotatable bonds is 14. The van der Waals surface area contributed by atoms with Gasteiger partial charge in [0.1, 0.15) is 41.8 Å². The van der Waals surface area contributed by atoms with Gasteiger partial charge >= 0.3 is 17.9 Å². The van der Waals surface area contributed by atoms with E-state index in [0.717, 1.165) is 21.6 Å². The quantitative estimate of drug-likeness (QED) is 0.137. The smallest absolute Gasteiger partial charge is 0.333 e. The molecule has 0 saturated carbocycles. The molecule has 1 aromatic carbocycles. The van der Waals surface area contributed by atoms with Gasteiger partial charge in [0.25, 0.3) is 11.8 Å². The summed E-state index contributed by atoms with van der Waals surface area (Å²) in [6.45, 7) is 23.8. The molecule has 11 atom stereocenters. The van der Waals surface area contributed by atoms with Crippen molar-refractivity contribution in [1.29, 1.82) is 0 Å². The largest absolute Gasteiger partial charge is 0.459 e. The summed E-state index contributed by atoms with van der Waals surface area (Å²) in [4.78, 5) is 142. The van der Waals surface area contributed by atoms with E-state index in [1.54, 1.807) is 65.0 Å². The van der Waals surface area contributed by atoms with Crippen molar-refractivity contribution in [3.63, 3.8) is 0 Å². The fourth-order valence-corrected chi connectivity index (χ4v) is 7.90. The summed E-state index contributed by atoms with van der Waals surface area (Å²) in [6.07, 6.45) is -7.22. The number of methoxy groups -OCH3 is 1. The first-order valence-electron chi connectivity index (χ1n) is 24.0. The van der Waals surface area contributed by atoms with Crippen LogP contribution < -0.4 is 16.0 Å². The molecule has 2 rings (SSSR count). The summed E-state index contributed by atoms with van der Waals surface area (Å²) in [5.41, 5.74) is -0.688. The van der Waals surface area contributed by atoms with Crippen LogP contribution in [0.2, 0.25) is 0 Å². The van der Waals surface area contributed by atoms with E-state index < -0.39 is 137 Å². The summed E-state index contributed by atoms with van der Waals surface area (Å²) < 4.78 is 29.7. The van der Waals surface area contributed by atoms with E-state index in [0.29, 0.717) is 5.56 Å². The molecule has 21 nitrogen and oxygen atoms in total. The van der Waals surface area contributed by atoms with E-state index in [4.69, 9.17) is 23.7 Å². The van der Waals surface area contributed by atoms with Crippen molar-refractivity contribution in [1.82, 2.24) is 30.7 Å². The Morgan fingerprint density at radius 1 is 0.806 bits per heavy atom. The summed E-state index contributed by atoms with van der Waals surface area (Å²) in [5, 5.41) is 7.52. The average Bonchev–Trinajstić information content (AvgIpc) is 3.29. The minimum absolute atomic E-state index is 0.222. The third-order valence-corrected chi connectivity index (χ3v) is 12.2. The van der Waals surface area contributed by atoms with Crippen LogP contribution in [0.4, 0.5) is 0 Å². The van der Waals surface area contributed by atoms with Crippen molar-refractivity contribution >= 4 is 59.1 Å². The topological polar surface area (TPSA) is 263 Å². The Kier molecular flexibility index (Phi) is 23.2. The number of ether oxygens (including phenoxy) is 5. The third kappa shape index (κ3) is 17.2. The molecule has 0 unspecified atom stereocenters. The molecule has 1 fully saturated rings. The second-order valence-corrected chi connectivity index (χ2v) is 20.0. The van der Waals surface area contributed by atoms with Crippen LogP contribution in [0.3, 0.4) is 0 Å². The number of carbonyl (C=O) groups is 10. The third-order valence-electron chi connectivity index (χ3n) is 12.2. The lowest BCUT2D eigenvalue weighted by molar-refractivity contribution is -0.178. The van der Waals surface area contributed by atoms with E-state index in [1.807, 2.05) is 13.8 Å². The number of amides is 6. The fourth-order valence-electron chi connectivity index (χ4n) is 7.90. The number of hydrogen-bond acceptors (Lipinski definition) is 15. The molecule has 3 N–H and O–H groups in total. The van der Waals surface area contributed by atoms with Crippen LogP contribution in [-0.2, 0) is 78.1 Å². The summed E-state index contributed by atoms with van der Waals surface area (Å²) in [7, 11) is 4.94. The number of likely N-dealkylation sites (N-methyl/N-ethyl adjacent to an activating group) is 3. The molecule has 0 radical (unpaired) electrons. The van der Waals surface area contributed by atoms with Crippen LogP contribution in [-0.4, -0.2) is 168 Å². The minimum Gasteiger partial charge on any atom is -0.459 e. The van der Waals surface area contributed by atoms with Gasteiger partial charge in [0, 0.05) is 48.0 Å². The van der Waals surface area contributed by atoms with Crippen LogP contribution in [0, 0.1) is 17.8 Å². The number of carbonyl (C=O) groups excluding carboxylic acids is 10. The van der Waals surface area contributed by atoms with Gasteiger partial charge < -0.3 is 59.1 Å². The van der Waals surface area contributed by atoms with Gasteiger partial charge in [-0.15, -0.1) is 0 Å². The molecular formula is C51H78N6O15. The second kappa shape index (κ2) is 27.0. The van der Waals surface area contributed by atoms with Gasteiger partial charge in [0.05, 0.1) is 23.7 Å². The molecule has 0 aromatic heterocycles. The molecule has 0 bridgehead atoms. The van der Waals surface area contributed by atoms with Crippen molar-refractivity contribution in [3.05, 3.63) is 48.2 Å². The molecule has 0 spiro atoms. The van der Waals surface area contributed by atoms with Crippen LogP contribution in [0.25, 0.3) is 0 Å². The number of benzene rings is 1.